The van der Waals surface area contributed by atoms with Gasteiger partial charge in [-0.25, -0.2) is 8.78 Å². The topological polar surface area (TPSA) is 122 Å². The molecule has 4 aromatic rings. The van der Waals surface area contributed by atoms with Crippen LogP contribution in [-0.2, 0) is 9.59 Å². The quantitative estimate of drug-likeness (QED) is 0.279. The van der Waals surface area contributed by atoms with E-state index in [1.807, 2.05) is 36.4 Å². The van der Waals surface area contributed by atoms with Gasteiger partial charge in [-0.05, 0) is 60.0 Å². The van der Waals surface area contributed by atoms with Crippen molar-refractivity contribution in [2.24, 2.45) is 0 Å². The maximum absolute atomic E-state index is 14.1. The van der Waals surface area contributed by atoms with E-state index in [1.165, 1.54) is 24.9 Å². The third-order valence-electron chi connectivity index (χ3n) is 6.87. The molecule has 0 saturated carbocycles. The number of aromatic amines is 1. The van der Waals surface area contributed by atoms with Crippen LogP contribution >= 0.6 is 0 Å². The highest BCUT2D eigenvalue weighted by molar-refractivity contribution is 5.99. The molecule has 0 spiro atoms. The van der Waals surface area contributed by atoms with Gasteiger partial charge in [-0.1, -0.05) is 6.07 Å². The summed E-state index contributed by atoms with van der Waals surface area (Å²) >= 11 is 0. The number of carbonyl (C=O) groups is 3. The van der Waals surface area contributed by atoms with E-state index in [4.69, 9.17) is 0 Å². The first-order chi connectivity index (χ1) is 19.7. The molecule has 2 unspecified atom stereocenters. The van der Waals surface area contributed by atoms with Gasteiger partial charge in [-0.15, -0.1) is 0 Å². The molecule has 0 fully saturated rings. The van der Waals surface area contributed by atoms with Crippen LogP contribution in [0.15, 0.2) is 60.9 Å². The summed E-state index contributed by atoms with van der Waals surface area (Å²) in [5.41, 5.74) is 3.14. The summed E-state index contributed by atoms with van der Waals surface area (Å²) in [7, 11) is 3.10. The van der Waals surface area contributed by atoms with Gasteiger partial charge in [-0.2, -0.15) is 5.26 Å². The fourth-order valence-electron chi connectivity index (χ4n) is 4.64. The number of amides is 2. The minimum atomic E-state index is -0.903. The molecule has 4 rings (SSSR count). The average molecular weight is 559 g/mol. The lowest BCUT2D eigenvalue weighted by Crippen LogP contribution is -2.46. The number of hydrogen-bond donors (Lipinski definition) is 2. The number of nitrogens with zero attached hydrogens (tertiary/aromatic N) is 4. The van der Waals surface area contributed by atoms with Crippen LogP contribution in [0.2, 0.25) is 0 Å². The summed E-state index contributed by atoms with van der Waals surface area (Å²) in [5.74, 6) is -3.60. The summed E-state index contributed by atoms with van der Waals surface area (Å²) in [5, 5.41) is 12.8. The number of fused-ring (bicyclic) bond motifs is 1. The molecule has 2 atom stereocenters. The lowest BCUT2D eigenvalue weighted by atomic mass is 9.93. The molecule has 2 aromatic carbocycles. The molecule has 0 aliphatic heterocycles. The molecule has 0 saturated heterocycles. The van der Waals surface area contributed by atoms with Crippen LogP contribution in [0, 0.1) is 23.0 Å². The molecule has 210 valence electrons. The van der Waals surface area contributed by atoms with Crippen LogP contribution < -0.4 is 5.32 Å². The second-order valence-electron chi connectivity index (χ2n) is 9.57. The Morgan fingerprint density at radius 3 is 2.51 bits per heavy atom. The van der Waals surface area contributed by atoms with Gasteiger partial charge < -0.3 is 24.9 Å². The first-order valence-corrected chi connectivity index (χ1v) is 12.8. The van der Waals surface area contributed by atoms with E-state index < -0.39 is 42.0 Å². The Hall–Kier alpha value is -5.11. The highest BCUT2D eigenvalue weighted by atomic mass is 19.1. The average Bonchev–Trinajstić information content (AvgIpc) is 3.41. The highest BCUT2D eigenvalue weighted by Crippen LogP contribution is 2.30. The molecular formula is C30H28F2N6O3. The van der Waals surface area contributed by atoms with Crippen molar-refractivity contribution in [3.8, 4) is 17.2 Å². The summed E-state index contributed by atoms with van der Waals surface area (Å²) in [4.78, 5) is 47.9. The predicted octanol–water partition coefficient (Wildman–Crippen LogP) is 4.35. The highest BCUT2D eigenvalue weighted by Gasteiger charge is 2.28. The van der Waals surface area contributed by atoms with Crippen LogP contribution in [0.3, 0.4) is 0 Å². The molecule has 9 nitrogen and oxygen atoms in total. The molecule has 2 heterocycles. The fraction of sp³-hybridized carbons (Fsp3) is 0.233. The number of carbonyl (C=O) groups excluding carboxylic acids is 3. The van der Waals surface area contributed by atoms with E-state index in [-0.39, 0.29) is 23.1 Å². The van der Waals surface area contributed by atoms with Crippen molar-refractivity contribution in [3.05, 3.63) is 83.8 Å². The number of aromatic nitrogens is 2. The van der Waals surface area contributed by atoms with Gasteiger partial charge in [0.1, 0.15) is 29.7 Å². The van der Waals surface area contributed by atoms with Gasteiger partial charge in [0, 0.05) is 50.2 Å². The van der Waals surface area contributed by atoms with Crippen molar-refractivity contribution in [2.45, 2.75) is 18.9 Å². The van der Waals surface area contributed by atoms with Gasteiger partial charge in [0.25, 0.3) is 5.91 Å². The molecule has 11 heteroatoms. The molecule has 0 aliphatic carbocycles. The van der Waals surface area contributed by atoms with Gasteiger partial charge in [0.05, 0.1) is 24.0 Å². The third-order valence-corrected chi connectivity index (χ3v) is 6.87. The van der Waals surface area contributed by atoms with Crippen LogP contribution in [0.25, 0.3) is 22.0 Å². The fourth-order valence-corrected chi connectivity index (χ4v) is 4.64. The number of halogens is 2. The third kappa shape index (κ3) is 6.22. The standard InChI is InChI=1S/C30H28F2N6O3/c1-18(14-33)38(15-21(17-39)23-10-20(4-5-26(23)34-2)19-6-8-35-9-7-19)29(40)16-37(3)30(41)28-13-24-25(32)11-22(31)12-27(24)36-28/h4-13,17-18,21,34,36H,15-16H2,1-3H3. The number of pyridine rings is 1. The summed E-state index contributed by atoms with van der Waals surface area (Å²) in [6.45, 7) is 1.01. The van der Waals surface area contributed by atoms with E-state index in [0.29, 0.717) is 17.3 Å². The number of aldehydes is 1. The lowest BCUT2D eigenvalue weighted by Gasteiger charge is -2.30. The van der Waals surface area contributed by atoms with E-state index in [1.54, 1.807) is 19.4 Å². The van der Waals surface area contributed by atoms with E-state index in [2.05, 4.69) is 15.3 Å². The maximum atomic E-state index is 14.1. The Bertz CT molecular complexity index is 1630. The van der Waals surface area contributed by atoms with Crippen molar-refractivity contribution in [1.29, 1.82) is 5.26 Å². The number of likely N-dealkylation sites (N-methyl/N-ethyl adjacent to an activating group) is 1. The number of benzene rings is 2. The first-order valence-electron chi connectivity index (χ1n) is 12.8. The van der Waals surface area contributed by atoms with Crippen molar-refractivity contribution >= 4 is 34.7 Å². The smallest absolute Gasteiger partial charge is 0.270 e. The van der Waals surface area contributed by atoms with Crippen LogP contribution in [0.4, 0.5) is 14.5 Å². The Labute approximate surface area is 235 Å². The first kappa shape index (κ1) is 28.9. The van der Waals surface area contributed by atoms with Crippen molar-refractivity contribution in [2.75, 3.05) is 32.5 Å². The Kier molecular flexibility index (Phi) is 8.72. The molecule has 0 aliphatic rings. The summed E-state index contributed by atoms with van der Waals surface area (Å²) in [6, 6.07) is 13.4. The van der Waals surface area contributed by atoms with Gasteiger partial charge >= 0.3 is 0 Å². The van der Waals surface area contributed by atoms with Gasteiger partial charge in [0.15, 0.2) is 0 Å². The Balaban J connectivity index is 1.57. The normalized spacial score (nSPS) is 12.3. The SMILES string of the molecule is CNc1ccc(-c2ccncc2)cc1C(C=O)CN(C(=O)CN(C)C(=O)c1cc2c(F)cc(F)cc2[nH]1)C(C)C#N. The minimum absolute atomic E-state index is 0.0305. The number of nitrogens with one attached hydrogen (secondary N) is 2. The van der Waals surface area contributed by atoms with E-state index in [0.717, 1.165) is 28.4 Å². The Morgan fingerprint density at radius 2 is 1.85 bits per heavy atom. The second kappa shape index (κ2) is 12.4. The molecule has 0 bridgehead atoms. The second-order valence-corrected chi connectivity index (χ2v) is 9.57. The summed E-state index contributed by atoms with van der Waals surface area (Å²) < 4.78 is 27.7. The largest absolute Gasteiger partial charge is 0.388 e. The van der Waals surface area contributed by atoms with Crippen LogP contribution in [0.5, 0.6) is 0 Å². The zero-order valence-electron chi connectivity index (χ0n) is 22.7. The lowest BCUT2D eigenvalue weighted by molar-refractivity contribution is -0.133. The predicted molar refractivity (Wildman–Crippen MR) is 150 cm³/mol. The molecule has 2 amide bonds. The molecular weight excluding hydrogens is 530 g/mol. The molecule has 41 heavy (non-hydrogen) atoms. The van der Waals surface area contributed by atoms with Gasteiger partial charge in [0.2, 0.25) is 5.91 Å². The van der Waals surface area contributed by atoms with Crippen LogP contribution in [0.1, 0.15) is 28.9 Å². The monoisotopic (exact) mass is 558 g/mol. The van der Waals surface area contributed by atoms with Gasteiger partial charge in [-0.3, -0.25) is 14.6 Å². The number of rotatable bonds is 10. The van der Waals surface area contributed by atoms with Crippen molar-refractivity contribution in [1.82, 2.24) is 19.8 Å². The van der Waals surface area contributed by atoms with Crippen LogP contribution in [-0.4, -0.2) is 71.1 Å². The molecule has 2 N–H and O–H groups in total. The molecule has 2 aromatic heterocycles. The van der Waals surface area contributed by atoms with E-state index in [9.17, 15) is 28.4 Å². The zero-order chi connectivity index (χ0) is 29.7. The Morgan fingerprint density at radius 1 is 1.12 bits per heavy atom. The number of hydrogen-bond acceptors (Lipinski definition) is 6. The number of H-pyrrole nitrogens is 1. The zero-order valence-corrected chi connectivity index (χ0v) is 22.7. The summed E-state index contributed by atoms with van der Waals surface area (Å²) in [6.07, 6.45) is 4.05. The number of anilines is 1. The number of nitriles is 1. The molecule has 0 radical (unpaired) electrons. The van der Waals surface area contributed by atoms with Crippen molar-refractivity contribution in [3.63, 3.8) is 0 Å². The van der Waals surface area contributed by atoms with Crippen molar-refractivity contribution < 1.29 is 23.2 Å². The minimum Gasteiger partial charge on any atom is -0.388 e. The van der Waals surface area contributed by atoms with E-state index >= 15 is 0 Å². The maximum Gasteiger partial charge on any atom is 0.270 e.